The van der Waals surface area contributed by atoms with E-state index < -0.39 is 6.10 Å². The minimum atomic E-state index is -0.561. The van der Waals surface area contributed by atoms with Gasteiger partial charge in [-0.3, -0.25) is 0 Å². The van der Waals surface area contributed by atoms with Crippen LogP contribution in [-0.4, -0.2) is 60.0 Å². The highest BCUT2D eigenvalue weighted by Crippen LogP contribution is 2.41. The Labute approximate surface area is 155 Å². The average molecular weight is 359 g/mol. The zero-order valence-electron chi connectivity index (χ0n) is 15.3. The van der Waals surface area contributed by atoms with Crippen LogP contribution in [0.2, 0.25) is 0 Å². The maximum Gasteiger partial charge on any atom is 0.161 e. The molecule has 1 aromatic rings. The van der Waals surface area contributed by atoms with Crippen molar-refractivity contribution in [1.82, 2.24) is 9.91 Å². The van der Waals surface area contributed by atoms with Gasteiger partial charge in [0.25, 0.3) is 0 Å². The van der Waals surface area contributed by atoms with Crippen LogP contribution in [0.25, 0.3) is 0 Å². The molecule has 0 bridgehead atoms. The minimum absolute atomic E-state index is 0.306. The molecule has 3 aliphatic heterocycles. The summed E-state index contributed by atoms with van der Waals surface area (Å²) in [5.74, 6) is 7.55. The molecule has 0 radical (unpaired) electrons. The number of fused-ring (bicyclic) bond motifs is 1. The van der Waals surface area contributed by atoms with Crippen LogP contribution >= 0.6 is 0 Å². The molecule has 3 heterocycles. The number of rotatable bonds is 3. The summed E-state index contributed by atoms with van der Waals surface area (Å²) in [4.78, 5) is 2.34. The molecule has 6 heteroatoms. The van der Waals surface area contributed by atoms with E-state index in [1.807, 2.05) is 29.3 Å². The summed E-state index contributed by atoms with van der Waals surface area (Å²) in [6.45, 7) is 7.91. The third kappa shape index (κ3) is 3.54. The molecular formula is C20H29N3O3. The number of nitrogens with two attached hydrogens (primary N) is 1. The molecule has 2 fully saturated rings. The van der Waals surface area contributed by atoms with Gasteiger partial charge < -0.3 is 24.5 Å². The fourth-order valence-electron chi connectivity index (χ4n) is 4.33. The predicted octanol–water partition coefficient (Wildman–Crippen LogP) is 1.75. The highest BCUT2D eigenvalue weighted by Gasteiger charge is 2.39. The van der Waals surface area contributed by atoms with Crippen molar-refractivity contribution in [3.63, 3.8) is 0 Å². The van der Waals surface area contributed by atoms with E-state index in [9.17, 15) is 5.11 Å². The molecule has 3 aliphatic rings. The summed E-state index contributed by atoms with van der Waals surface area (Å²) in [5.41, 5.74) is 1.35. The predicted molar refractivity (Wildman–Crippen MR) is 99.7 cm³/mol. The standard InChI is InChI=1S/C20H29N3O3/c1-15-6-7-20(14-23(15)21)8-10-22(11-9-20)12-16(24)19-13-25-17-4-2-3-5-18(17)26-19/h2-5,16,19,24H,1,6-14,21H2/t16-,19?/m1/s1. The molecule has 4 rings (SSSR count). The highest BCUT2D eigenvalue weighted by molar-refractivity contribution is 5.40. The first-order valence-electron chi connectivity index (χ1n) is 9.54. The molecule has 3 N–H and O–H groups in total. The molecule has 0 amide bonds. The first kappa shape index (κ1) is 17.6. The zero-order valence-corrected chi connectivity index (χ0v) is 15.3. The summed E-state index contributed by atoms with van der Waals surface area (Å²) in [7, 11) is 0. The van der Waals surface area contributed by atoms with Crippen LogP contribution in [0.4, 0.5) is 0 Å². The number of hydrogen-bond donors (Lipinski definition) is 2. The van der Waals surface area contributed by atoms with Crippen molar-refractivity contribution in [3.8, 4) is 11.5 Å². The lowest BCUT2D eigenvalue weighted by atomic mass is 9.72. The Hall–Kier alpha value is -1.76. The molecule has 0 aliphatic carbocycles. The lowest BCUT2D eigenvalue weighted by Gasteiger charge is -2.48. The number of nitrogens with zero attached hydrogens (tertiary/aromatic N) is 2. The Morgan fingerprint density at radius 2 is 1.96 bits per heavy atom. The monoisotopic (exact) mass is 359 g/mol. The fourth-order valence-corrected chi connectivity index (χ4v) is 4.33. The van der Waals surface area contributed by atoms with Gasteiger partial charge >= 0.3 is 0 Å². The van der Waals surface area contributed by atoms with Crippen molar-refractivity contribution in [1.29, 1.82) is 0 Å². The second-order valence-electron chi connectivity index (χ2n) is 7.98. The van der Waals surface area contributed by atoms with Crippen molar-refractivity contribution in [2.45, 2.75) is 37.9 Å². The Kier molecular flexibility index (Phi) is 4.82. The number of allylic oxidation sites excluding steroid dienone is 1. The van der Waals surface area contributed by atoms with Crippen molar-refractivity contribution < 1.29 is 14.6 Å². The van der Waals surface area contributed by atoms with Gasteiger partial charge in [0.1, 0.15) is 12.7 Å². The van der Waals surface area contributed by atoms with Crippen LogP contribution in [0.15, 0.2) is 36.5 Å². The van der Waals surface area contributed by atoms with Crippen LogP contribution in [-0.2, 0) is 0 Å². The van der Waals surface area contributed by atoms with E-state index in [-0.39, 0.29) is 6.10 Å². The second kappa shape index (κ2) is 7.10. The summed E-state index contributed by atoms with van der Waals surface area (Å²) in [6.07, 6.45) is 3.52. The molecule has 1 spiro atoms. The van der Waals surface area contributed by atoms with Crippen LogP contribution in [0, 0.1) is 5.41 Å². The topological polar surface area (TPSA) is 71.2 Å². The van der Waals surface area contributed by atoms with E-state index in [1.54, 1.807) is 0 Å². The van der Waals surface area contributed by atoms with Gasteiger partial charge in [-0.1, -0.05) is 18.7 Å². The normalized spacial score (nSPS) is 26.8. The molecule has 0 saturated carbocycles. The van der Waals surface area contributed by atoms with Crippen molar-refractivity contribution in [2.24, 2.45) is 11.3 Å². The summed E-state index contributed by atoms with van der Waals surface area (Å²) in [6, 6.07) is 7.61. The quantitative estimate of drug-likeness (QED) is 0.802. The molecule has 26 heavy (non-hydrogen) atoms. The Bertz CT molecular complexity index is 657. The number of benzene rings is 1. The van der Waals surface area contributed by atoms with Gasteiger partial charge in [-0.2, -0.15) is 0 Å². The molecule has 1 aromatic carbocycles. The SMILES string of the molecule is C=C1CCC2(CCN(C[C@@H](O)C3COc4ccccc4O3)CC2)CN1N. The number of aliphatic hydroxyl groups is 1. The second-order valence-corrected chi connectivity index (χ2v) is 7.98. The number of ether oxygens (including phenoxy) is 2. The lowest BCUT2D eigenvalue weighted by molar-refractivity contribution is -0.0378. The van der Waals surface area contributed by atoms with Crippen LogP contribution in [0.3, 0.4) is 0 Å². The summed E-state index contributed by atoms with van der Waals surface area (Å²) < 4.78 is 11.7. The molecule has 0 aromatic heterocycles. The Morgan fingerprint density at radius 3 is 2.69 bits per heavy atom. The molecule has 2 atom stereocenters. The van der Waals surface area contributed by atoms with E-state index >= 15 is 0 Å². The number of hydrazine groups is 1. The molecule has 2 saturated heterocycles. The van der Waals surface area contributed by atoms with Crippen molar-refractivity contribution in [2.75, 3.05) is 32.8 Å². The number of para-hydroxylation sites is 2. The number of likely N-dealkylation sites (tertiary alicyclic amines) is 1. The van der Waals surface area contributed by atoms with Gasteiger partial charge in [0.2, 0.25) is 0 Å². The maximum atomic E-state index is 10.6. The highest BCUT2D eigenvalue weighted by atomic mass is 16.6. The number of aliphatic hydroxyl groups excluding tert-OH is 1. The molecule has 6 nitrogen and oxygen atoms in total. The smallest absolute Gasteiger partial charge is 0.161 e. The van der Waals surface area contributed by atoms with Gasteiger partial charge in [-0.05, 0) is 56.3 Å². The maximum absolute atomic E-state index is 10.6. The van der Waals surface area contributed by atoms with Gasteiger partial charge in [-0.15, -0.1) is 0 Å². The van der Waals surface area contributed by atoms with E-state index in [0.717, 1.165) is 50.3 Å². The Morgan fingerprint density at radius 1 is 1.23 bits per heavy atom. The van der Waals surface area contributed by atoms with Gasteiger partial charge in [-0.25, -0.2) is 5.84 Å². The van der Waals surface area contributed by atoms with E-state index in [4.69, 9.17) is 15.3 Å². The molecule has 142 valence electrons. The number of hydrogen-bond acceptors (Lipinski definition) is 6. The van der Waals surface area contributed by atoms with Gasteiger partial charge in [0, 0.05) is 18.8 Å². The number of β-amino-alcohol motifs (C(OH)–C–C–N with tert-alkyl or cyclic N) is 1. The van der Waals surface area contributed by atoms with Gasteiger partial charge in [0.05, 0.1) is 0 Å². The van der Waals surface area contributed by atoms with E-state index in [2.05, 4.69) is 11.5 Å². The summed E-state index contributed by atoms with van der Waals surface area (Å²) >= 11 is 0. The summed E-state index contributed by atoms with van der Waals surface area (Å²) in [5, 5.41) is 12.5. The number of piperidine rings is 2. The third-order valence-electron chi connectivity index (χ3n) is 6.18. The van der Waals surface area contributed by atoms with Crippen LogP contribution < -0.4 is 15.3 Å². The zero-order chi connectivity index (χ0) is 18.1. The van der Waals surface area contributed by atoms with E-state index in [1.165, 1.54) is 6.42 Å². The molecule has 1 unspecified atom stereocenters. The average Bonchev–Trinajstić information content (AvgIpc) is 2.66. The molecular weight excluding hydrogens is 330 g/mol. The van der Waals surface area contributed by atoms with Crippen molar-refractivity contribution >= 4 is 0 Å². The third-order valence-corrected chi connectivity index (χ3v) is 6.18. The first-order valence-corrected chi connectivity index (χ1v) is 9.54. The van der Waals surface area contributed by atoms with Gasteiger partial charge in [0.15, 0.2) is 17.6 Å². The van der Waals surface area contributed by atoms with Crippen LogP contribution in [0.1, 0.15) is 25.7 Å². The Balaban J connectivity index is 1.29. The largest absolute Gasteiger partial charge is 0.486 e. The lowest BCUT2D eigenvalue weighted by Crippen LogP contribution is -2.53. The van der Waals surface area contributed by atoms with Crippen LogP contribution in [0.5, 0.6) is 11.5 Å². The first-order chi connectivity index (χ1) is 12.5. The van der Waals surface area contributed by atoms with E-state index in [0.29, 0.717) is 24.3 Å². The van der Waals surface area contributed by atoms with Crippen molar-refractivity contribution in [3.05, 3.63) is 36.5 Å². The minimum Gasteiger partial charge on any atom is -0.486 e. The fraction of sp³-hybridized carbons (Fsp3) is 0.600.